The normalized spacial score (nSPS) is 13.4. The number of aromatic nitrogens is 1. The van der Waals surface area contributed by atoms with Gasteiger partial charge in [-0.05, 0) is 49.2 Å². The van der Waals surface area contributed by atoms with Crippen LogP contribution in [0.1, 0.15) is 32.3 Å². The molecule has 3 heteroatoms. The van der Waals surface area contributed by atoms with Gasteiger partial charge in [0.25, 0.3) is 0 Å². The highest BCUT2D eigenvalue weighted by Crippen LogP contribution is 2.17. The molecule has 0 fully saturated rings. The first-order valence-corrected chi connectivity index (χ1v) is 8.08. The van der Waals surface area contributed by atoms with Crippen molar-refractivity contribution in [1.82, 2.24) is 15.2 Å². The van der Waals surface area contributed by atoms with Crippen LogP contribution in [0.3, 0.4) is 0 Å². The number of nitrogens with zero attached hydrogens (tertiary/aromatic N) is 1. The van der Waals surface area contributed by atoms with Crippen LogP contribution in [-0.2, 0) is 6.54 Å². The minimum atomic E-state index is 0.607. The van der Waals surface area contributed by atoms with Gasteiger partial charge in [-0.2, -0.15) is 0 Å². The van der Waals surface area contributed by atoms with E-state index < -0.39 is 0 Å². The van der Waals surface area contributed by atoms with E-state index in [0.29, 0.717) is 6.04 Å². The van der Waals surface area contributed by atoms with Crippen molar-refractivity contribution >= 4 is 10.9 Å². The third-order valence-corrected chi connectivity index (χ3v) is 4.56. The van der Waals surface area contributed by atoms with Crippen molar-refractivity contribution in [3.8, 4) is 0 Å². The van der Waals surface area contributed by atoms with Crippen molar-refractivity contribution in [2.45, 2.75) is 39.3 Å². The van der Waals surface area contributed by atoms with Crippen molar-refractivity contribution in [3.05, 3.63) is 36.0 Å². The third kappa shape index (κ3) is 4.08. The molecule has 0 bridgehead atoms. The van der Waals surface area contributed by atoms with Gasteiger partial charge in [0.05, 0.1) is 0 Å². The van der Waals surface area contributed by atoms with Gasteiger partial charge in [0.15, 0.2) is 0 Å². The quantitative estimate of drug-likeness (QED) is 0.777. The van der Waals surface area contributed by atoms with Crippen LogP contribution in [0.2, 0.25) is 0 Å². The van der Waals surface area contributed by atoms with Crippen LogP contribution in [0.15, 0.2) is 30.5 Å². The fourth-order valence-corrected chi connectivity index (χ4v) is 3.18. The Hall–Kier alpha value is -1.32. The maximum atomic E-state index is 3.64. The number of aromatic amines is 1. The molecule has 0 amide bonds. The first-order chi connectivity index (χ1) is 10.2. The van der Waals surface area contributed by atoms with Crippen LogP contribution in [0.4, 0.5) is 0 Å². The van der Waals surface area contributed by atoms with E-state index in [0.717, 1.165) is 19.0 Å². The van der Waals surface area contributed by atoms with Gasteiger partial charge in [-0.25, -0.2) is 0 Å². The first kappa shape index (κ1) is 16.1. The van der Waals surface area contributed by atoms with E-state index in [2.05, 4.69) is 67.4 Å². The molecule has 0 aliphatic rings. The second kappa shape index (κ2) is 7.62. The van der Waals surface area contributed by atoms with E-state index >= 15 is 0 Å². The lowest BCUT2D eigenvalue weighted by Gasteiger charge is -2.31. The van der Waals surface area contributed by atoms with Gasteiger partial charge in [-0.3, -0.25) is 0 Å². The van der Waals surface area contributed by atoms with Gasteiger partial charge >= 0.3 is 0 Å². The van der Waals surface area contributed by atoms with Crippen LogP contribution in [0.5, 0.6) is 0 Å². The molecule has 1 aromatic carbocycles. The zero-order chi connectivity index (χ0) is 15.2. The van der Waals surface area contributed by atoms with E-state index in [9.17, 15) is 0 Å². The highest BCUT2D eigenvalue weighted by atomic mass is 15.1. The average molecular weight is 287 g/mol. The summed E-state index contributed by atoms with van der Waals surface area (Å²) < 4.78 is 0. The smallest absolute Gasteiger partial charge is 0.0454 e. The van der Waals surface area contributed by atoms with E-state index in [1.165, 1.54) is 29.3 Å². The minimum absolute atomic E-state index is 0.607. The molecular formula is C18H29N3. The molecule has 1 unspecified atom stereocenters. The monoisotopic (exact) mass is 287 g/mol. The lowest BCUT2D eigenvalue weighted by Crippen LogP contribution is -2.42. The van der Waals surface area contributed by atoms with Crippen molar-refractivity contribution < 1.29 is 0 Å². The first-order valence-electron chi connectivity index (χ1n) is 8.08. The van der Waals surface area contributed by atoms with E-state index in [4.69, 9.17) is 0 Å². The summed E-state index contributed by atoms with van der Waals surface area (Å²) in [7, 11) is 4.38. The van der Waals surface area contributed by atoms with Crippen LogP contribution >= 0.6 is 0 Å². The summed E-state index contributed by atoms with van der Waals surface area (Å²) in [5.41, 5.74) is 2.56. The molecule has 0 aliphatic carbocycles. The lowest BCUT2D eigenvalue weighted by molar-refractivity contribution is 0.194. The third-order valence-electron chi connectivity index (χ3n) is 4.56. The van der Waals surface area contributed by atoms with E-state index in [-0.39, 0.29) is 0 Å². The van der Waals surface area contributed by atoms with Crippen LogP contribution in [-0.4, -0.2) is 36.6 Å². The number of rotatable bonds is 8. The zero-order valence-electron chi connectivity index (χ0n) is 13.8. The number of nitrogens with one attached hydrogen (secondary N) is 2. The van der Waals surface area contributed by atoms with Crippen LogP contribution in [0.25, 0.3) is 10.9 Å². The number of fused-ring (bicyclic) bond motifs is 1. The number of likely N-dealkylation sites (N-methyl/N-ethyl adjacent to an activating group) is 1. The second-order valence-electron chi connectivity index (χ2n) is 6.14. The maximum Gasteiger partial charge on any atom is 0.0454 e. The fourth-order valence-electron chi connectivity index (χ4n) is 3.18. The molecular weight excluding hydrogens is 258 g/mol. The summed E-state index contributed by atoms with van der Waals surface area (Å²) in [6, 6.07) is 9.37. The van der Waals surface area contributed by atoms with Gasteiger partial charge in [0.1, 0.15) is 0 Å². The average Bonchev–Trinajstić information content (AvgIpc) is 2.94. The minimum Gasteiger partial charge on any atom is -0.361 e. The Labute approximate surface area is 128 Å². The summed E-state index contributed by atoms with van der Waals surface area (Å²) in [5, 5.41) is 4.93. The summed E-state index contributed by atoms with van der Waals surface area (Å²) in [5.74, 6) is 0.764. The molecule has 3 nitrogen and oxygen atoms in total. The van der Waals surface area contributed by atoms with Crippen molar-refractivity contribution in [2.75, 3.05) is 20.6 Å². The van der Waals surface area contributed by atoms with Gasteiger partial charge in [-0.1, -0.05) is 32.8 Å². The summed E-state index contributed by atoms with van der Waals surface area (Å²) >= 11 is 0. The molecule has 0 saturated heterocycles. The molecule has 0 saturated carbocycles. The molecule has 1 heterocycles. The molecule has 0 radical (unpaired) electrons. The largest absolute Gasteiger partial charge is 0.361 e. The fraction of sp³-hybridized carbons (Fsp3) is 0.556. The van der Waals surface area contributed by atoms with Crippen molar-refractivity contribution in [2.24, 2.45) is 5.92 Å². The Balaban J connectivity index is 1.92. The second-order valence-corrected chi connectivity index (χ2v) is 6.14. The number of H-pyrrole nitrogens is 1. The number of hydrogen-bond donors (Lipinski definition) is 2. The molecule has 0 spiro atoms. The SMILES string of the molecule is CCC(CC)C(CNCc1ccc2[nH]ccc2c1)N(C)C. The van der Waals surface area contributed by atoms with Gasteiger partial charge in [-0.15, -0.1) is 0 Å². The maximum absolute atomic E-state index is 3.64. The Morgan fingerprint density at radius 3 is 2.57 bits per heavy atom. The zero-order valence-corrected chi connectivity index (χ0v) is 13.8. The topological polar surface area (TPSA) is 31.1 Å². The van der Waals surface area contributed by atoms with E-state index in [1.807, 2.05) is 6.20 Å². The van der Waals surface area contributed by atoms with Gasteiger partial charge in [0, 0.05) is 30.8 Å². The molecule has 0 aliphatic heterocycles. The lowest BCUT2D eigenvalue weighted by atomic mass is 9.93. The van der Waals surface area contributed by atoms with Crippen LogP contribution < -0.4 is 5.32 Å². The molecule has 2 rings (SSSR count). The van der Waals surface area contributed by atoms with Crippen LogP contribution in [0, 0.1) is 5.92 Å². The summed E-state index contributed by atoms with van der Waals surface area (Å²) in [6.07, 6.45) is 4.49. The highest BCUT2D eigenvalue weighted by Gasteiger charge is 2.19. The molecule has 1 atom stereocenters. The standard InChI is InChI=1S/C18H29N3/c1-5-15(6-2)18(21(3)4)13-19-12-14-7-8-17-16(11-14)9-10-20-17/h7-11,15,18-20H,5-6,12-13H2,1-4H3. The van der Waals surface area contributed by atoms with Gasteiger partial charge < -0.3 is 15.2 Å². The van der Waals surface area contributed by atoms with Gasteiger partial charge in [0.2, 0.25) is 0 Å². The molecule has 1 aromatic heterocycles. The Bertz CT molecular complexity index is 540. The molecule has 2 aromatic rings. The van der Waals surface area contributed by atoms with Crippen molar-refractivity contribution in [3.63, 3.8) is 0 Å². The number of benzene rings is 1. The predicted octanol–water partition coefficient (Wildman–Crippen LogP) is 3.62. The number of hydrogen-bond acceptors (Lipinski definition) is 2. The van der Waals surface area contributed by atoms with Crippen molar-refractivity contribution in [1.29, 1.82) is 0 Å². The predicted molar refractivity (Wildman–Crippen MR) is 91.6 cm³/mol. The summed E-state index contributed by atoms with van der Waals surface area (Å²) in [6.45, 7) is 6.57. The Morgan fingerprint density at radius 2 is 1.90 bits per heavy atom. The Morgan fingerprint density at radius 1 is 1.14 bits per heavy atom. The van der Waals surface area contributed by atoms with E-state index in [1.54, 1.807) is 0 Å². The Kier molecular flexibility index (Phi) is 5.83. The molecule has 21 heavy (non-hydrogen) atoms. The highest BCUT2D eigenvalue weighted by molar-refractivity contribution is 5.79. The molecule has 2 N–H and O–H groups in total. The molecule has 116 valence electrons. The summed E-state index contributed by atoms with van der Waals surface area (Å²) in [4.78, 5) is 5.60.